The molecule has 0 radical (unpaired) electrons. The van der Waals surface area contributed by atoms with Crippen LogP contribution >= 0.6 is 0 Å². The van der Waals surface area contributed by atoms with Crippen LogP contribution < -0.4 is 5.32 Å². The zero-order chi connectivity index (χ0) is 19.9. The summed E-state index contributed by atoms with van der Waals surface area (Å²) in [6.07, 6.45) is 4.23. The fraction of sp³-hybridized carbons (Fsp3) is 0.842. The Morgan fingerprint density at radius 2 is 1.93 bits per heavy atom. The van der Waals surface area contributed by atoms with Gasteiger partial charge in [0.2, 0.25) is 0 Å². The molecule has 0 aromatic rings. The van der Waals surface area contributed by atoms with Crippen LogP contribution in [0.15, 0.2) is 0 Å². The number of rotatable bonds is 8. The van der Waals surface area contributed by atoms with Gasteiger partial charge in [0.25, 0.3) is 0 Å². The normalized spacial score (nSPS) is 19.7. The first-order chi connectivity index (χ1) is 12.8. The molecule has 1 N–H and O–H groups in total. The van der Waals surface area contributed by atoms with Gasteiger partial charge in [0.1, 0.15) is 6.61 Å². The van der Waals surface area contributed by atoms with E-state index in [1.54, 1.807) is 6.92 Å². The lowest BCUT2D eigenvalue weighted by Crippen LogP contribution is -2.54. The Morgan fingerprint density at radius 1 is 1.22 bits per heavy atom. The molecule has 2 fully saturated rings. The van der Waals surface area contributed by atoms with Crippen LogP contribution in [-0.2, 0) is 14.3 Å². The van der Waals surface area contributed by atoms with Gasteiger partial charge < -0.3 is 19.7 Å². The second kappa shape index (κ2) is 9.80. The number of hydrogen-bond acceptors (Lipinski definition) is 5. The van der Waals surface area contributed by atoms with Crippen LogP contribution in [0.2, 0.25) is 0 Å². The highest BCUT2D eigenvalue weighted by molar-refractivity contribution is 5.74. The second-order valence-electron chi connectivity index (χ2n) is 7.80. The highest BCUT2D eigenvalue weighted by atomic mass is 16.6. The number of amides is 3. The van der Waals surface area contributed by atoms with Crippen LogP contribution in [0.25, 0.3) is 0 Å². The van der Waals surface area contributed by atoms with E-state index in [1.807, 2.05) is 23.6 Å². The molecule has 0 atom stereocenters. The van der Waals surface area contributed by atoms with E-state index >= 15 is 0 Å². The molecule has 2 aliphatic rings. The van der Waals surface area contributed by atoms with Crippen molar-refractivity contribution in [3.63, 3.8) is 0 Å². The van der Waals surface area contributed by atoms with Crippen LogP contribution in [0.5, 0.6) is 0 Å². The molecule has 2 rings (SSSR count). The molecule has 0 aromatic carbocycles. The SMILES string of the molecule is CCOC(=O)CCCCCNC(=O)N1CCC(N2C(=O)OCC2(C)C)CC1. The average molecular weight is 383 g/mol. The predicted octanol–water partition coefficient (Wildman–Crippen LogP) is 2.51. The molecule has 154 valence electrons. The number of carbonyl (C=O) groups excluding carboxylic acids is 3. The molecule has 2 saturated heterocycles. The van der Waals surface area contributed by atoms with Gasteiger partial charge in [-0.25, -0.2) is 9.59 Å². The minimum absolute atomic E-state index is 0.0536. The third-order valence-electron chi connectivity index (χ3n) is 5.15. The van der Waals surface area contributed by atoms with E-state index in [2.05, 4.69) is 5.32 Å². The molecule has 0 bridgehead atoms. The molecular formula is C19H33N3O5. The van der Waals surface area contributed by atoms with Crippen molar-refractivity contribution in [3.8, 4) is 0 Å². The van der Waals surface area contributed by atoms with E-state index in [-0.39, 0.29) is 29.7 Å². The summed E-state index contributed by atoms with van der Waals surface area (Å²) in [7, 11) is 0. The number of nitrogens with zero attached hydrogens (tertiary/aromatic N) is 2. The molecule has 8 nitrogen and oxygen atoms in total. The number of nitrogens with one attached hydrogen (secondary N) is 1. The summed E-state index contributed by atoms with van der Waals surface area (Å²) in [5.74, 6) is -0.158. The van der Waals surface area contributed by atoms with Gasteiger partial charge >= 0.3 is 18.1 Å². The lowest BCUT2D eigenvalue weighted by molar-refractivity contribution is -0.143. The summed E-state index contributed by atoms with van der Waals surface area (Å²) in [6.45, 7) is 8.54. The lowest BCUT2D eigenvalue weighted by atomic mass is 9.97. The van der Waals surface area contributed by atoms with Crippen LogP contribution in [0.1, 0.15) is 59.3 Å². The molecule has 0 aromatic heterocycles. The maximum Gasteiger partial charge on any atom is 0.410 e. The smallest absolute Gasteiger partial charge is 0.410 e. The Morgan fingerprint density at radius 3 is 2.52 bits per heavy atom. The fourth-order valence-corrected chi connectivity index (χ4v) is 3.71. The summed E-state index contributed by atoms with van der Waals surface area (Å²) in [5, 5.41) is 2.94. The third-order valence-corrected chi connectivity index (χ3v) is 5.15. The van der Waals surface area contributed by atoms with Gasteiger partial charge in [0.15, 0.2) is 0 Å². The summed E-state index contributed by atoms with van der Waals surface area (Å²) in [6, 6.07) is 0.0732. The number of likely N-dealkylation sites (tertiary alicyclic amines) is 1. The quantitative estimate of drug-likeness (QED) is 0.514. The van der Waals surface area contributed by atoms with Crippen LogP contribution in [0.3, 0.4) is 0 Å². The Balaban J connectivity index is 1.61. The largest absolute Gasteiger partial charge is 0.466 e. The number of hydrogen-bond donors (Lipinski definition) is 1. The lowest BCUT2D eigenvalue weighted by Gasteiger charge is -2.40. The highest BCUT2D eigenvalue weighted by Crippen LogP contribution is 2.30. The average Bonchev–Trinajstić information content (AvgIpc) is 2.91. The summed E-state index contributed by atoms with van der Waals surface area (Å²) < 4.78 is 10.1. The second-order valence-corrected chi connectivity index (χ2v) is 7.80. The monoisotopic (exact) mass is 383 g/mol. The number of piperidine rings is 1. The van der Waals surface area contributed by atoms with Crippen LogP contribution in [-0.4, -0.2) is 72.3 Å². The summed E-state index contributed by atoms with van der Waals surface area (Å²) >= 11 is 0. The van der Waals surface area contributed by atoms with Crippen molar-refractivity contribution in [1.29, 1.82) is 0 Å². The Labute approximate surface area is 161 Å². The maximum absolute atomic E-state index is 12.3. The van der Waals surface area contributed by atoms with Crippen LogP contribution in [0, 0.1) is 0 Å². The van der Waals surface area contributed by atoms with E-state index in [1.165, 1.54) is 0 Å². The molecule has 0 saturated carbocycles. The van der Waals surface area contributed by atoms with Gasteiger partial charge in [-0.05, 0) is 46.5 Å². The minimum Gasteiger partial charge on any atom is -0.466 e. The zero-order valence-corrected chi connectivity index (χ0v) is 16.8. The van der Waals surface area contributed by atoms with Crippen molar-refractivity contribution < 1.29 is 23.9 Å². The Kier molecular flexibility index (Phi) is 7.74. The number of carbonyl (C=O) groups is 3. The first-order valence-electron chi connectivity index (χ1n) is 9.99. The molecule has 2 heterocycles. The predicted molar refractivity (Wildman–Crippen MR) is 100 cm³/mol. The van der Waals surface area contributed by atoms with Gasteiger partial charge in [-0.2, -0.15) is 0 Å². The molecule has 3 amide bonds. The maximum atomic E-state index is 12.3. The first kappa shape index (κ1) is 21.3. The number of esters is 1. The molecule has 0 aliphatic carbocycles. The minimum atomic E-state index is -0.282. The van der Waals surface area contributed by atoms with E-state index in [9.17, 15) is 14.4 Å². The number of cyclic esters (lactones) is 1. The van der Waals surface area contributed by atoms with Crippen molar-refractivity contribution >= 4 is 18.1 Å². The van der Waals surface area contributed by atoms with Gasteiger partial charge in [-0.15, -0.1) is 0 Å². The standard InChI is InChI=1S/C19H33N3O5/c1-4-26-16(23)8-6-5-7-11-20-17(24)21-12-9-15(10-13-21)22-18(25)27-14-19(22,2)3/h15H,4-14H2,1-3H3,(H,20,24). The fourth-order valence-electron chi connectivity index (χ4n) is 3.71. The third kappa shape index (κ3) is 6.01. The van der Waals surface area contributed by atoms with Gasteiger partial charge in [-0.3, -0.25) is 9.69 Å². The van der Waals surface area contributed by atoms with Gasteiger partial charge in [0.05, 0.1) is 12.1 Å². The topological polar surface area (TPSA) is 88.2 Å². The van der Waals surface area contributed by atoms with Crippen molar-refractivity contribution in [2.75, 3.05) is 32.8 Å². The number of urea groups is 1. The number of unbranched alkanes of at least 4 members (excludes halogenated alkanes) is 2. The van der Waals surface area contributed by atoms with Gasteiger partial charge in [0, 0.05) is 32.1 Å². The Bertz CT molecular complexity index is 529. The number of ether oxygens (including phenoxy) is 2. The summed E-state index contributed by atoms with van der Waals surface area (Å²) in [5.41, 5.74) is -0.282. The molecule has 27 heavy (non-hydrogen) atoms. The molecular weight excluding hydrogens is 350 g/mol. The van der Waals surface area contributed by atoms with Crippen LogP contribution in [0.4, 0.5) is 9.59 Å². The van der Waals surface area contributed by atoms with E-state index < -0.39 is 0 Å². The Hall–Kier alpha value is -1.99. The van der Waals surface area contributed by atoms with E-state index in [4.69, 9.17) is 9.47 Å². The molecule has 2 aliphatic heterocycles. The molecule has 0 unspecified atom stereocenters. The van der Waals surface area contributed by atoms with Crippen molar-refractivity contribution in [3.05, 3.63) is 0 Å². The first-order valence-corrected chi connectivity index (χ1v) is 9.99. The van der Waals surface area contributed by atoms with E-state index in [0.29, 0.717) is 39.3 Å². The van der Waals surface area contributed by atoms with Crippen molar-refractivity contribution in [2.24, 2.45) is 0 Å². The van der Waals surface area contributed by atoms with E-state index in [0.717, 1.165) is 32.1 Å². The zero-order valence-electron chi connectivity index (χ0n) is 16.8. The summed E-state index contributed by atoms with van der Waals surface area (Å²) in [4.78, 5) is 39.2. The molecule has 8 heteroatoms. The van der Waals surface area contributed by atoms with Gasteiger partial charge in [-0.1, -0.05) is 6.42 Å². The highest BCUT2D eigenvalue weighted by Gasteiger charge is 2.44. The van der Waals surface area contributed by atoms with Crippen molar-refractivity contribution in [1.82, 2.24) is 15.1 Å². The molecule has 0 spiro atoms. The van der Waals surface area contributed by atoms with Crippen molar-refractivity contribution in [2.45, 2.75) is 70.9 Å².